The van der Waals surface area contributed by atoms with Gasteiger partial charge in [-0.25, -0.2) is 0 Å². The van der Waals surface area contributed by atoms with Crippen molar-refractivity contribution in [1.82, 2.24) is 0 Å². The maximum absolute atomic E-state index is 6.21. The van der Waals surface area contributed by atoms with Gasteiger partial charge in [-0.1, -0.05) is 78.9 Å². The molecule has 3 aromatic carbocycles. The van der Waals surface area contributed by atoms with E-state index in [4.69, 9.17) is 5.73 Å². The highest BCUT2D eigenvalue weighted by atomic mass is 127. The minimum absolute atomic E-state index is 0. The first-order valence-corrected chi connectivity index (χ1v) is 7.95. The van der Waals surface area contributed by atoms with E-state index in [0.29, 0.717) is 0 Å². The lowest BCUT2D eigenvalue weighted by molar-refractivity contribution is 1.72. The number of nitrogens with two attached hydrogens (primary N) is 1. The molecule has 0 saturated carbocycles. The Bertz CT molecular complexity index is 646. The molecule has 0 bridgehead atoms. The Morgan fingerprint density at radius 3 is 1.48 bits per heavy atom. The van der Waals surface area contributed by atoms with Crippen LogP contribution in [-0.2, 0) is 0 Å². The Balaban J connectivity index is 0.00000161. The largest absolute Gasteiger partial charge is 0.398 e. The molecule has 2 N–H and O–H groups in total. The molecule has 0 fully saturated rings. The summed E-state index contributed by atoms with van der Waals surface area (Å²) in [7, 11) is -0.592. The first-order valence-electron chi connectivity index (χ1n) is 6.61. The van der Waals surface area contributed by atoms with Crippen molar-refractivity contribution >= 4 is 53.5 Å². The van der Waals surface area contributed by atoms with Crippen LogP contribution in [0.15, 0.2) is 84.9 Å². The molecule has 3 heteroatoms. The molecule has 0 spiro atoms. The molecule has 106 valence electrons. The van der Waals surface area contributed by atoms with Crippen LogP contribution in [-0.4, -0.2) is 0 Å². The third kappa shape index (κ3) is 3.63. The summed E-state index contributed by atoms with van der Waals surface area (Å²) < 4.78 is 0. The Kier molecular flexibility index (Phi) is 5.77. The summed E-state index contributed by atoms with van der Waals surface area (Å²) in [6.45, 7) is 0. The average Bonchev–Trinajstić information content (AvgIpc) is 2.52. The molecule has 0 saturated heterocycles. The zero-order valence-electron chi connectivity index (χ0n) is 11.5. The van der Waals surface area contributed by atoms with Crippen LogP contribution in [0.2, 0.25) is 0 Å². The highest BCUT2D eigenvalue weighted by molar-refractivity contribution is 14.0. The van der Waals surface area contributed by atoms with Crippen LogP contribution in [0.5, 0.6) is 0 Å². The number of halogens is 1. The predicted octanol–water partition coefficient (Wildman–Crippen LogP) is 3.65. The lowest BCUT2D eigenvalue weighted by Gasteiger charge is -2.20. The summed E-state index contributed by atoms with van der Waals surface area (Å²) in [5.41, 5.74) is 7.08. The molecule has 3 aromatic rings. The highest BCUT2D eigenvalue weighted by Crippen LogP contribution is 2.34. The summed E-state index contributed by atoms with van der Waals surface area (Å²) >= 11 is 0. The smallest absolute Gasteiger partial charge is 0.0398 e. The number of hydrogen-bond acceptors (Lipinski definition) is 1. The molecular formula is C18H17INP. The molecule has 0 amide bonds. The van der Waals surface area contributed by atoms with E-state index in [1.54, 1.807) is 0 Å². The number of rotatable bonds is 3. The van der Waals surface area contributed by atoms with Crippen molar-refractivity contribution in [3.8, 4) is 0 Å². The number of anilines is 1. The van der Waals surface area contributed by atoms with E-state index < -0.39 is 7.92 Å². The lowest BCUT2D eigenvalue weighted by Crippen LogP contribution is -2.22. The van der Waals surface area contributed by atoms with Crippen molar-refractivity contribution in [3.05, 3.63) is 84.9 Å². The topological polar surface area (TPSA) is 26.0 Å². The van der Waals surface area contributed by atoms with E-state index in [1.165, 1.54) is 15.9 Å². The molecule has 0 aliphatic heterocycles. The maximum atomic E-state index is 6.21. The fourth-order valence-corrected chi connectivity index (χ4v) is 4.64. The van der Waals surface area contributed by atoms with Crippen LogP contribution >= 0.6 is 31.9 Å². The molecule has 0 heterocycles. The van der Waals surface area contributed by atoms with Crippen molar-refractivity contribution in [2.45, 2.75) is 0 Å². The zero-order valence-corrected chi connectivity index (χ0v) is 14.7. The monoisotopic (exact) mass is 405 g/mol. The fourth-order valence-electron chi connectivity index (χ4n) is 2.27. The summed E-state index contributed by atoms with van der Waals surface area (Å²) in [5.74, 6) is 0. The number of para-hydroxylation sites is 1. The second-order valence-electron chi connectivity index (χ2n) is 4.57. The zero-order chi connectivity index (χ0) is 13.8. The van der Waals surface area contributed by atoms with Crippen LogP contribution in [0, 0.1) is 0 Å². The summed E-state index contributed by atoms with van der Waals surface area (Å²) in [6, 6.07) is 29.4. The SMILES string of the molecule is I.Nc1ccccc1P(c1ccccc1)c1ccccc1. The van der Waals surface area contributed by atoms with Crippen molar-refractivity contribution in [3.63, 3.8) is 0 Å². The molecule has 1 nitrogen and oxygen atoms in total. The van der Waals surface area contributed by atoms with Crippen molar-refractivity contribution in [2.75, 3.05) is 5.73 Å². The molecule has 21 heavy (non-hydrogen) atoms. The normalized spacial score (nSPS) is 10.1. The van der Waals surface area contributed by atoms with E-state index in [-0.39, 0.29) is 24.0 Å². The third-order valence-corrected chi connectivity index (χ3v) is 5.72. The van der Waals surface area contributed by atoms with Gasteiger partial charge in [-0.3, -0.25) is 0 Å². The Labute approximate surface area is 144 Å². The molecule has 3 rings (SSSR count). The first-order chi connectivity index (χ1) is 9.86. The van der Waals surface area contributed by atoms with E-state index in [2.05, 4.69) is 72.8 Å². The summed E-state index contributed by atoms with van der Waals surface area (Å²) in [5, 5.41) is 3.87. The standard InChI is InChI=1S/C18H16NP.HI/c19-17-13-7-8-14-18(17)20(15-9-3-1-4-10-15)16-11-5-2-6-12-16;/h1-14H,19H2;1H. The molecule has 0 aliphatic carbocycles. The van der Waals surface area contributed by atoms with Crippen LogP contribution < -0.4 is 21.6 Å². The number of nitrogen functional groups attached to an aromatic ring is 1. The molecular weight excluding hydrogens is 388 g/mol. The van der Waals surface area contributed by atoms with Crippen LogP contribution in [0.1, 0.15) is 0 Å². The third-order valence-electron chi connectivity index (χ3n) is 3.21. The van der Waals surface area contributed by atoms with Gasteiger partial charge < -0.3 is 5.73 Å². The highest BCUT2D eigenvalue weighted by Gasteiger charge is 2.17. The number of benzene rings is 3. The van der Waals surface area contributed by atoms with Crippen LogP contribution in [0.25, 0.3) is 0 Å². The van der Waals surface area contributed by atoms with Crippen LogP contribution in [0.3, 0.4) is 0 Å². The van der Waals surface area contributed by atoms with E-state index >= 15 is 0 Å². The minimum Gasteiger partial charge on any atom is -0.398 e. The van der Waals surface area contributed by atoms with E-state index in [1.807, 2.05) is 12.1 Å². The second kappa shape index (κ2) is 7.58. The molecule has 0 aliphatic rings. The van der Waals surface area contributed by atoms with Crippen molar-refractivity contribution < 1.29 is 0 Å². The second-order valence-corrected chi connectivity index (χ2v) is 6.75. The quantitative estimate of drug-likeness (QED) is 0.402. The van der Waals surface area contributed by atoms with Gasteiger partial charge in [0.25, 0.3) is 0 Å². The summed E-state index contributed by atoms with van der Waals surface area (Å²) in [6.07, 6.45) is 0. The molecule has 0 atom stereocenters. The van der Waals surface area contributed by atoms with Gasteiger partial charge in [0.05, 0.1) is 0 Å². The fraction of sp³-hybridized carbons (Fsp3) is 0. The van der Waals surface area contributed by atoms with Gasteiger partial charge in [0.1, 0.15) is 0 Å². The first kappa shape index (κ1) is 16.0. The minimum atomic E-state index is -0.592. The molecule has 0 radical (unpaired) electrons. The Morgan fingerprint density at radius 1 is 0.571 bits per heavy atom. The summed E-state index contributed by atoms with van der Waals surface area (Å²) in [4.78, 5) is 0. The molecule has 0 unspecified atom stereocenters. The molecule has 0 aromatic heterocycles. The van der Waals surface area contributed by atoms with Gasteiger partial charge in [0, 0.05) is 11.0 Å². The van der Waals surface area contributed by atoms with E-state index in [0.717, 1.165) is 5.69 Å². The van der Waals surface area contributed by atoms with Gasteiger partial charge in [0.15, 0.2) is 0 Å². The Hall–Kier alpha value is -1.38. The predicted molar refractivity (Wildman–Crippen MR) is 105 cm³/mol. The Morgan fingerprint density at radius 2 is 1.00 bits per heavy atom. The average molecular weight is 405 g/mol. The maximum Gasteiger partial charge on any atom is 0.0398 e. The van der Waals surface area contributed by atoms with Gasteiger partial charge in [0.2, 0.25) is 0 Å². The number of hydrogen-bond donors (Lipinski definition) is 1. The van der Waals surface area contributed by atoms with Gasteiger partial charge in [-0.2, -0.15) is 0 Å². The van der Waals surface area contributed by atoms with Crippen molar-refractivity contribution in [1.29, 1.82) is 0 Å². The van der Waals surface area contributed by atoms with Gasteiger partial charge in [-0.15, -0.1) is 24.0 Å². The van der Waals surface area contributed by atoms with Crippen molar-refractivity contribution in [2.24, 2.45) is 0 Å². The van der Waals surface area contributed by atoms with Gasteiger partial charge >= 0.3 is 0 Å². The van der Waals surface area contributed by atoms with E-state index in [9.17, 15) is 0 Å². The lowest BCUT2D eigenvalue weighted by atomic mass is 10.3. The van der Waals surface area contributed by atoms with Crippen LogP contribution in [0.4, 0.5) is 5.69 Å². The van der Waals surface area contributed by atoms with Gasteiger partial charge in [-0.05, 0) is 24.6 Å².